The maximum absolute atomic E-state index is 9.65. The zero-order valence-corrected chi connectivity index (χ0v) is 11.6. The van der Waals surface area contributed by atoms with Gasteiger partial charge in [0.15, 0.2) is 0 Å². The van der Waals surface area contributed by atoms with Gasteiger partial charge in [0.05, 0.1) is 18.3 Å². The highest BCUT2D eigenvalue weighted by Gasteiger charge is 2.10. The second-order valence-electron chi connectivity index (χ2n) is 5.03. The Bertz CT molecular complexity index is 781. The van der Waals surface area contributed by atoms with Crippen molar-refractivity contribution in [3.05, 3.63) is 59.3 Å². The molecule has 0 radical (unpaired) electrons. The van der Waals surface area contributed by atoms with E-state index in [1.807, 2.05) is 25.1 Å². The molecule has 0 aliphatic rings. The lowest BCUT2D eigenvalue weighted by atomic mass is 9.94. The molecular formula is C17H16N2O. The van der Waals surface area contributed by atoms with Crippen LogP contribution in [0.1, 0.15) is 16.7 Å². The summed E-state index contributed by atoms with van der Waals surface area (Å²) in [7, 11) is 0. The molecule has 0 aliphatic heterocycles. The summed E-state index contributed by atoms with van der Waals surface area (Å²) in [6, 6.07) is 12.2. The third-order valence-electron chi connectivity index (χ3n) is 3.67. The minimum Gasteiger partial charge on any atom is -0.392 e. The molecule has 2 aromatic carbocycles. The number of hydrogen-bond donors (Lipinski definition) is 1. The van der Waals surface area contributed by atoms with E-state index in [-0.39, 0.29) is 6.61 Å². The second-order valence-corrected chi connectivity index (χ2v) is 5.03. The number of fused-ring (bicyclic) bond motifs is 1. The molecule has 0 fully saturated rings. The van der Waals surface area contributed by atoms with Crippen LogP contribution in [-0.2, 0) is 6.61 Å². The minimum atomic E-state index is -0.00473. The monoisotopic (exact) mass is 264 g/mol. The van der Waals surface area contributed by atoms with Gasteiger partial charge in [0.1, 0.15) is 0 Å². The maximum atomic E-state index is 9.65. The van der Waals surface area contributed by atoms with Crippen LogP contribution < -0.4 is 0 Å². The zero-order chi connectivity index (χ0) is 14.1. The zero-order valence-electron chi connectivity index (χ0n) is 11.6. The average Bonchev–Trinajstić information content (AvgIpc) is 2.47. The molecule has 3 nitrogen and oxygen atoms in total. The van der Waals surface area contributed by atoms with Crippen molar-refractivity contribution in [2.24, 2.45) is 0 Å². The van der Waals surface area contributed by atoms with E-state index in [1.54, 1.807) is 6.20 Å². The summed E-state index contributed by atoms with van der Waals surface area (Å²) in [6.07, 6.45) is 1.77. The molecule has 1 aromatic heterocycles. The molecule has 3 aromatic rings. The van der Waals surface area contributed by atoms with Crippen molar-refractivity contribution in [1.29, 1.82) is 0 Å². The number of aliphatic hydroxyl groups excluding tert-OH is 1. The van der Waals surface area contributed by atoms with Crippen LogP contribution in [0.4, 0.5) is 0 Å². The molecule has 100 valence electrons. The first-order valence-electron chi connectivity index (χ1n) is 6.62. The van der Waals surface area contributed by atoms with Crippen molar-refractivity contribution in [3.63, 3.8) is 0 Å². The second kappa shape index (κ2) is 5.02. The number of rotatable bonds is 2. The van der Waals surface area contributed by atoms with Crippen molar-refractivity contribution in [3.8, 4) is 11.1 Å². The first kappa shape index (κ1) is 12.8. The standard InChI is InChI=1S/C17H16N2O/c1-11-5-3-4-6-14(11)16-8-15-12(2)9-18-19-17(15)7-13(16)10-20/h3-9,20H,10H2,1-2H3. The molecule has 0 bridgehead atoms. The largest absolute Gasteiger partial charge is 0.392 e. The summed E-state index contributed by atoms with van der Waals surface area (Å²) in [5, 5.41) is 18.9. The highest BCUT2D eigenvalue weighted by molar-refractivity contribution is 5.88. The van der Waals surface area contributed by atoms with Crippen LogP contribution in [0, 0.1) is 13.8 Å². The molecule has 0 amide bonds. The fraction of sp³-hybridized carbons (Fsp3) is 0.176. The Hall–Kier alpha value is -2.26. The molecule has 0 saturated carbocycles. The Morgan fingerprint density at radius 1 is 1.00 bits per heavy atom. The molecule has 1 heterocycles. The first-order chi connectivity index (χ1) is 9.70. The lowest BCUT2D eigenvalue weighted by Crippen LogP contribution is -1.95. The summed E-state index contributed by atoms with van der Waals surface area (Å²) in [6.45, 7) is 4.10. The Morgan fingerprint density at radius 2 is 1.80 bits per heavy atom. The quantitative estimate of drug-likeness (QED) is 0.771. The van der Waals surface area contributed by atoms with Crippen LogP contribution >= 0.6 is 0 Å². The van der Waals surface area contributed by atoms with Crippen LogP contribution in [0.3, 0.4) is 0 Å². The lowest BCUT2D eigenvalue weighted by molar-refractivity contribution is 0.282. The van der Waals surface area contributed by atoms with Gasteiger partial charge in [0, 0.05) is 5.39 Å². The maximum Gasteiger partial charge on any atom is 0.0936 e. The smallest absolute Gasteiger partial charge is 0.0936 e. The number of aryl methyl sites for hydroxylation is 2. The molecule has 0 aliphatic carbocycles. The molecular weight excluding hydrogens is 248 g/mol. The molecule has 0 unspecified atom stereocenters. The van der Waals surface area contributed by atoms with E-state index in [0.29, 0.717) is 0 Å². The van der Waals surface area contributed by atoms with Crippen LogP contribution in [0.5, 0.6) is 0 Å². The Balaban J connectivity index is 2.34. The van der Waals surface area contributed by atoms with Crippen molar-refractivity contribution in [2.45, 2.75) is 20.5 Å². The van der Waals surface area contributed by atoms with Gasteiger partial charge in [-0.05, 0) is 53.8 Å². The van der Waals surface area contributed by atoms with Gasteiger partial charge in [-0.25, -0.2) is 0 Å². The highest BCUT2D eigenvalue weighted by atomic mass is 16.3. The normalized spacial score (nSPS) is 10.9. The average molecular weight is 264 g/mol. The van der Waals surface area contributed by atoms with Crippen LogP contribution in [-0.4, -0.2) is 15.3 Å². The van der Waals surface area contributed by atoms with Gasteiger partial charge in [-0.3, -0.25) is 0 Å². The van der Waals surface area contributed by atoms with Gasteiger partial charge in [-0.15, -0.1) is 0 Å². The molecule has 0 saturated heterocycles. The van der Waals surface area contributed by atoms with Crippen LogP contribution in [0.15, 0.2) is 42.6 Å². The Morgan fingerprint density at radius 3 is 2.55 bits per heavy atom. The van der Waals surface area contributed by atoms with Crippen molar-refractivity contribution in [2.75, 3.05) is 0 Å². The highest BCUT2D eigenvalue weighted by Crippen LogP contribution is 2.31. The summed E-state index contributed by atoms with van der Waals surface area (Å²) in [5.74, 6) is 0. The van der Waals surface area contributed by atoms with Crippen LogP contribution in [0.25, 0.3) is 22.0 Å². The van der Waals surface area contributed by atoms with Gasteiger partial charge in [0.2, 0.25) is 0 Å². The van der Waals surface area contributed by atoms with E-state index < -0.39 is 0 Å². The fourth-order valence-corrected chi connectivity index (χ4v) is 2.53. The third kappa shape index (κ3) is 2.06. The third-order valence-corrected chi connectivity index (χ3v) is 3.67. The number of aliphatic hydroxyl groups is 1. The number of benzene rings is 2. The van der Waals surface area contributed by atoms with E-state index in [4.69, 9.17) is 0 Å². The first-order valence-corrected chi connectivity index (χ1v) is 6.62. The van der Waals surface area contributed by atoms with Gasteiger partial charge in [-0.2, -0.15) is 10.2 Å². The fourth-order valence-electron chi connectivity index (χ4n) is 2.53. The summed E-state index contributed by atoms with van der Waals surface area (Å²) in [4.78, 5) is 0. The molecule has 1 N–H and O–H groups in total. The van der Waals surface area contributed by atoms with Gasteiger partial charge in [-0.1, -0.05) is 24.3 Å². The van der Waals surface area contributed by atoms with E-state index in [1.165, 1.54) is 5.56 Å². The summed E-state index contributed by atoms with van der Waals surface area (Å²) < 4.78 is 0. The molecule has 0 spiro atoms. The van der Waals surface area contributed by atoms with E-state index >= 15 is 0 Å². The number of nitrogens with zero attached hydrogens (tertiary/aromatic N) is 2. The van der Waals surface area contributed by atoms with Crippen molar-refractivity contribution < 1.29 is 5.11 Å². The van der Waals surface area contributed by atoms with Gasteiger partial charge in [0.25, 0.3) is 0 Å². The van der Waals surface area contributed by atoms with E-state index in [9.17, 15) is 5.11 Å². The number of hydrogen-bond acceptors (Lipinski definition) is 3. The van der Waals surface area contributed by atoms with Gasteiger partial charge < -0.3 is 5.11 Å². The lowest BCUT2D eigenvalue weighted by Gasteiger charge is -2.12. The predicted octanol–water partition coefficient (Wildman–Crippen LogP) is 3.41. The topological polar surface area (TPSA) is 46.0 Å². The van der Waals surface area contributed by atoms with Crippen molar-refractivity contribution in [1.82, 2.24) is 10.2 Å². The summed E-state index contributed by atoms with van der Waals surface area (Å²) in [5.41, 5.74) is 6.21. The SMILES string of the molecule is Cc1ccccc1-c1cc2c(C)cnnc2cc1CO. The van der Waals surface area contributed by atoms with E-state index in [2.05, 4.69) is 35.3 Å². The molecule has 20 heavy (non-hydrogen) atoms. The van der Waals surface area contributed by atoms with Crippen LogP contribution in [0.2, 0.25) is 0 Å². The van der Waals surface area contributed by atoms with E-state index in [0.717, 1.165) is 33.2 Å². The predicted molar refractivity (Wildman–Crippen MR) is 80.4 cm³/mol. The molecule has 3 heteroatoms. The molecule has 0 atom stereocenters. The van der Waals surface area contributed by atoms with Gasteiger partial charge >= 0.3 is 0 Å². The molecule has 3 rings (SSSR count). The van der Waals surface area contributed by atoms with Crippen molar-refractivity contribution >= 4 is 10.9 Å². The minimum absolute atomic E-state index is 0.00473. The Kier molecular flexibility index (Phi) is 3.20. The Labute approximate surface area is 117 Å². The number of aromatic nitrogens is 2. The summed E-state index contributed by atoms with van der Waals surface area (Å²) >= 11 is 0.